The van der Waals surface area contributed by atoms with Crippen LogP contribution in [0.2, 0.25) is 5.15 Å². The van der Waals surface area contributed by atoms with E-state index in [0.717, 1.165) is 28.6 Å². The van der Waals surface area contributed by atoms with Gasteiger partial charge in [0.2, 0.25) is 0 Å². The second-order valence-corrected chi connectivity index (χ2v) is 4.02. The van der Waals surface area contributed by atoms with Gasteiger partial charge in [0.25, 0.3) is 0 Å². The summed E-state index contributed by atoms with van der Waals surface area (Å²) in [5.41, 5.74) is 1.74. The van der Waals surface area contributed by atoms with E-state index in [1.54, 1.807) is 14.2 Å². The Morgan fingerprint density at radius 2 is 1.82 bits per heavy atom. The van der Waals surface area contributed by atoms with Gasteiger partial charge in [-0.1, -0.05) is 18.5 Å². The summed E-state index contributed by atoms with van der Waals surface area (Å²) in [5.74, 6) is 1.48. The van der Waals surface area contributed by atoms with Gasteiger partial charge in [-0.15, -0.1) is 0 Å². The van der Waals surface area contributed by atoms with Crippen LogP contribution in [0.4, 0.5) is 0 Å². The first kappa shape index (κ1) is 12.0. The summed E-state index contributed by atoms with van der Waals surface area (Å²) in [6, 6.07) is 5.71. The Morgan fingerprint density at radius 1 is 1.18 bits per heavy atom. The van der Waals surface area contributed by atoms with Crippen LogP contribution in [-0.2, 0) is 6.42 Å². The second kappa shape index (κ2) is 4.80. The van der Waals surface area contributed by atoms with E-state index < -0.39 is 0 Å². The third-order valence-corrected chi connectivity index (χ3v) is 3.08. The van der Waals surface area contributed by atoms with Crippen LogP contribution in [0.25, 0.3) is 10.9 Å². The molecule has 0 radical (unpaired) electrons. The highest BCUT2D eigenvalue weighted by Crippen LogP contribution is 2.34. The molecular weight excluding hydrogens is 238 g/mol. The third-order valence-electron chi connectivity index (χ3n) is 2.75. The molecule has 0 unspecified atom stereocenters. The molecule has 1 aromatic carbocycles. The van der Waals surface area contributed by atoms with Crippen molar-refractivity contribution in [1.29, 1.82) is 0 Å². The molecule has 2 aromatic rings. The topological polar surface area (TPSA) is 31.4 Å². The number of aryl methyl sites for hydroxylation is 1. The van der Waals surface area contributed by atoms with E-state index in [-0.39, 0.29) is 0 Å². The van der Waals surface area contributed by atoms with Crippen molar-refractivity contribution in [2.24, 2.45) is 0 Å². The molecule has 0 atom stereocenters. The van der Waals surface area contributed by atoms with Crippen molar-refractivity contribution in [2.75, 3.05) is 14.2 Å². The Labute approximate surface area is 105 Å². The summed E-state index contributed by atoms with van der Waals surface area (Å²) in [6.45, 7) is 2.04. The van der Waals surface area contributed by atoms with E-state index in [1.807, 2.05) is 25.1 Å². The van der Waals surface area contributed by atoms with Crippen LogP contribution in [0.1, 0.15) is 12.5 Å². The maximum atomic E-state index is 6.12. The molecule has 90 valence electrons. The number of benzene rings is 1. The number of methoxy groups -OCH3 is 2. The number of hydrogen-bond donors (Lipinski definition) is 0. The zero-order valence-corrected chi connectivity index (χ0v) is 10.8. The molecule has 0 aliphatic heterocycles. The van der Waals surface area contributed by atoms with Crippen LogP contribution < -0.4 is 9.47 Å². The lowest BCUT2D eigenvalue weighted by Crippen LogP contribution is -1.94. The number of rotatable bonds is 3. The first-order valence-corrected chi connectivity index (χ1v) is 5.79. The summed E-state index contributed by atoms with van der Waals surface area (Å²) in [4.78, 5) is 4.39. The minimum absolute atomic E-state index is 0.520. The number of halogens is 1. The van der Waals surface area contributed by atoms with Gasteiger partial charge < -0.3 is 9.47 Å². The predicted molar refractivity (Wildman–Crippen MR) is 69.2 cm³/mol. The molecule has 0 bridgehead atoms. The highest BCUT2D eigenvalue weighted by atomic mass is 35.5. The average molecular weight is 252 g/mol. The minimum Gasteiger partial charge on any atom is -0.496 e. The molecular formula is C13H14ClNO2. The summed E-state index contributed by atoms with van der Waals surface area (Å²) in [5, 5.41) is 1.44. The van der Waals surface area contributed by atoms with Gasteiger partial charge in [-0.2, -0.15) is 0 Å². The van der Waals surface area contributed by atoms with Crippen molar-refractivity contribution in [3.05, 3.63) is 28.9 Å². The molecule has 0 saturated heterocycles. The summed E-state index contributed by atoms with van der Waals surface area (Å²) in [6.07, 6.45) is 0.835. The highest BCUT2D eigenvalue weighted by molar-refractivity contribution is 6.30. The van der Waals surface area contributed by atoms with Crippen LogP contribution in [0.5, 0.6) is 11.5 Å². The molecule has 0 spiro atoms. The maximum absolute atomic E-state index is 6.12. The van der Waals surface area contributed by atoms with Gasteiger partial charge in [0.15, 0.2) is 0 Å². The van der Waals surface area contributed by atoms with Gasteiger partial charge >= 0.3 is 0 Å². The fraction of sp³-hybridized carbons (Fsp3) is 0.308. The summed E-state index contributed by atoms with van der Waals surface area (Å²) >= 11 is 6.12. The number of hydrogen-bond acceptors (Lipinski definition) is 3. The van der Waals surface area contributed by atoms with Crippen LogP contribution in [0.15, 0.2) is 18.2 Å². The zero-order chi connectivity index (χ0) is 12.4. The predicted octanol–water partition coefficient (Wildman–Crippen LogP) is 3.47. The fourth-order valence-electron chi connectivity index (χ4n) is 1.82. The number of nitrogens with zero attached hydrogens (tertiary/aromatic N) is 1. The van der Waals surface area contributed by atoms with E-state index in [1.165, 1.54) is 0 Å². The number of ether oxygens (including phenoxy) is 2. The second-order valence-electron chi connectivity index (χ2n) is 3.66. The smallest absolute Gasteiger partial charge is 0.145 e. The molecule has 0 saturated carbocycles. The molecule has 0 N–H and O–H groups in total. The van der Waals surface area contributed by atoms with Gasteiger partial charge in [0.05, 0.1) is 14.2 Å². The van der Waals surface area contributed by atoms with Crippen molar-refractivity contribution < 1.29 is 9.47 Å². The van der Waals surface area contributed by atoms with Crippen molar-refractivity contribution >= 4 is 22.5 Å². The van der Waals surface area contributed by atoms with Gasteiger partial charge in [-0.3, -0.25) is 0 Å². The Balaban J connectivity index is 2.81. The standard InChI is InChI=1S/C13H14ClNO2/c1-4-8-7-9-10(16-2)5-6-11(17-3)12(9)15-13(8)14/h5-7H,4H2,1-3H3. The Bertz CT molecular complexity index is 555. The van der Waals surface area contributed by atoms with Crippen molar-refractivity contribution in [3.8, 4) is 11.5 Å². The molecule has 0 aliphatic rings. The largest absolute Gasteiger partial charge is 0.496 e. The molecule has 4 heteroatoms. The Hall–Kier alpha value is -1.48. The summed E-state index contributed by atoms with van der Waals surface area (Å²) < 4.78 is 10.6. The fourth-order valence-corrected chi connectivity index (χ4v) is 2.09. The monoisotopic (exact) mass is 251 g/mol. The Morgan fingerprint density at radius 3 is 2.41 bits per heavy atom. The SMILES string of the molecule is CCc1cc2c(OC)ccc(OC)c2nc1Cl. The normalized spacial score (nSPS) is 10.6. The molecule has 0 amide bonds. The number of fused-ring (bicyclic) bond motifs is 1. The molecule has 17 heavy (non-hydrogen) atoms. The van der Waals surface area contributed by atoms with Crippen molar-refractivity contribution in [1.82, 2.24) is 4.98 Å². The van der Waals surface area contributed by atoms with E-state index in [9.17, 15) is 0 Å². The lowest BCUT2D eigenvalue weighted by atomic mass is 10.1. The lowest BCUT2D eigenvalue weighted by molar-refractivity contribution is 0.409. The third kappa shape index (κ3) is 2.03. The molecule has 2 rings (SSSR count). The quantitative estimate of drug-likeness (QED) is 0.783. The molecule has 1 heterocycles. The summed E-state index contributed by atoms with van der Waals surface area (Å²) in [7, 11) is 3.26. The highest BCUT2D eigenvalue weighted by Gasteiger charge is 2.11. The van der Waals surface area contributed by atoms with Gasteiger partial charge in [-0.05, 0) is 30.2 Å². The minimum atomic E-state index is 0.520. The van der Waals surface area contributed by atoms with Gasteiger partial charge in [0.1, 0.15) is 22.2 Å². The van der Waals surface area contributed by atoms with Gasteiger partial charge in [-0.25, -0.2) is 4.98 Å². The Kier molecular flexibility index (Phi) is 3.38. The number of aromatic nitrogens is 1. The maximum Gasteiger partial charge on any atom is 0.145 e. The van der Waals surface area contributed by atoms with E-state index in [2.05, 4.69) is 4.98 Å². The van der Waals surface area contributed by atoms with Crippen molar-refractivity contribution in [3.63, 3.8) is 0 Å². The molecule has 0 fully saturated rings. The van der Waals surface area contributed by atoms with Gasteiger partial charge in [0, 0.05) is 5.39 Å². The number of pyridine rings is 1. The molecule has 1 aromatic heterocycles. The first-order chi connectivity index (χ1) is 8.21. The van der Waals surface area contributed by atoms with E-state index >= 15 is 0 Å². The van der Waals surface area contributed by atoms with Crippen LogP contribution >= 0.6 is 11.6 Å². The van der Waals surface area contributed by atoms with Crippen LogP contribution in [0, 0.1) is 0 Å². The van der Waals surface area contributed by atoms with Crippen LogP contribution in [0.3, 0.4) is 0 Å². The van der Waals surface area contributed by atoms with Crippen molar-refractivity contribution in [2.45, 2.75) is 13.3 Å². The first-order valence-electron chi connectivity index (χ1n) is 5.41. The average Bonchev–Trinajstić information content (AvgIpc) is 2.36. The molecule has 3 nitrogen and oxygen atoms in total. The van der Waals surface area contributed by atoms with E-state index in [0.29, 0.717) is 10.9 Å². The zero-order valence-electron chi connectivity index (χ0n) is 10.1. The lowest BCUT2D eigenvalue weighted by Gasteiger charge is -2.11. The van der Waals surface area contributed by atoms with E-state index in [4.69, 9.17) is 21.1 Å². The molecule has 0 aliphatic carbocycles. The van der Waals surface area contributed by atoms with Crippen LogP contribution in [-0.4, -0.2) is 19.2 Å².